The summed E-state index contributed by atoms with van der Waals surface area (Å²) >= 11 is 0. The first-order chi connectivity index (χ1) is 6.72. The van der Waals surface area contributed by atoms with E-state index in [1.165, 1.54) is 20.3 Å². The Morgan fingerprint density at radius 3 is 2.43 bits per heavy atom. The number of alkyl halides is 1. The minimum absolute atomic E-state index is 0.380. The van der Waals surface area contributed by atoms with Gasteiger partial charge in [-0.25, -0.2) is 4.39 Å². The number of halogens is 1. The average molecular weight is 200 g/mol. The van der Waals surface area contributed by atoms with Gasteiger partial charge in [0.2, 0.25) is 0 Å². The summed E-state index contributed by atoms with van der Waals surface area (Å²) in [5.74, 6) is 1.00. The summed E-state index contributed by atoms with van der Waals surface area (Å²) in [6.45, 7) is -0.532. The Bertz CT molecular complexity index is 301. The van der Waals surface area contributed by atoms with Crippen molar-refractivity contribution in [1.82, 2.24) is 0 Å². The normalized spacial score (nSPS) is 12.3. The molecule has 1 N–H and O–H groups in total. The number of aliphatic hydroxyl groups excluding tert-OH is 1. The zero-order valence-electron chi connectivity index (χ0n) is 8.16. The molecule has 1 aromatic rings. The molecule has 0 saturated heterocycles. The molecule has 4 heteroatoms. The molecular formula is C10H13FO3. The van der Waals surface area contributed by atoms with E-state index in [-0.39, 0.29) is 0 Å². The van der Waals surface area contributed by atoms with Crippen LogP contribution in [0.25, 0.3) is 0 Å². The highest BCUT2D eigenvalue weighted by atomic mass is 19.1. The predicted octanol–water partition coefficient (Wildman–Crippen LogP) is 1.71. The molecule has 0 aliphatic heterocycles. The fourth-order valence-electron chi connectivity index (χ4n) is 1.15. The topological polar surface area (TPSA) is 38.7 Å². The summed E-state index contributed by atoms with van der Waals surface area (Å²) in [5.41, 5.74) is 0.380. The third-order valence-corrected chi connectivity index (χ3v) is 1.93. The van der Waals surface area contributed by atoms with Crippen molar-refractivity contribution in [2.24, 2.45) is 0 Å². The van der Waals surface area contributed by atoms with Crippen molar-refractivity contribution in [3.05, 3.63) is 23.8 Å². The largest absolute Gasteiger partial charge is 0.493 e. The molecule has 0 aromatic heterocycles. The first-order valence-electron chi connectivity index (χ1n) is 4.19. The van der Waals surface area contributed by atoms with Gasteiger partial charge >= 0.3 is 0 Å². The number of aliphatic hydroxyl groups is 1. The number of ether oxygens (including phenoxy) is 2. The van der Waals surface area contributed by atoms with Crippen LogP contribution in [-0.4, -0.2) is 25.9 Å². The minimum Gasteiger partial charge on any atom is -0.493 e. The first kappa shape index (κ1) is 10.8. The fraction of sp³-hybridized carbons (Fsp3) is 0.400. The van der Waals surface area contributed by atoms with Gasteiger partial charge in [-0.2, -0.15) is 0 Å². The minimum atomic E-state index is -1.38. The van der Waals surface area contributed by atoms with Crippen LogP contribution in [-0.2, 0) is 0 Å². The van der Waals surface area contributed by atoms with Crippen LogP contribution in [0, 0.1) is 0 Å². The van der Waals surface area contributed by atoms with Gasteiger partial charge in [-0.05, 0) is 17.7 Å². The second kappa shape index (κ2) is 4.81. The van der Waals surface area contributed by atoms with Crippen molar-refractivity contribution >= 4 is 0 Å². The third-order valence-electron chi connectivity index (χ3n) is 1.93. The van der Waals surface area contributed by atoms with E-state index < -0.39 is 12.8 Å². The van der Waals surface area contributed by atoms with Crippen molar-refractivity contribution in [1.29, 1.82) is 0 Å². The molecule has 0 heterocycles. The summed E-state index contributed by atoms with van der Waals surface area (Å²) < 4.78 is 23.1. The average Bonchev–Trinajstić information content (AvgIpc) is 2.26. The zero-order valence-corrected chi connectivity index (χ0v) is 8.16. The second-order valence-corrected chi connectivity index (χ2v) is 2.76. The SMILES string of the molecule is COc1ccc(C(F)CO)cc1OC. The van der Waals surface area contributed by atoms with Gasteiger partial charge in [0, 0.05) is 0 Å². The summed E-state index contributed by atoms with van der Waals surface area (Å²) in [6, 6.07) is 4.68. The highest BCUT2D eigenvalue weighted by Gasteiger charge is 2.11. The van der Waals surface area contributed by atoms with Crippen molar-refractivity contribution in [3.8, 4) is 11.5 Å². The standard InChI is InChI=1S/C10H13FO3/c1-13-9-4-3-7(8(11)6-12)5-10(9)14-2/h3-5,8,12H,6H2,1-2H3. The van der Waals surface area contributed by atoms with E-state index >= 15 is 0 Å². The number of hydrogen-bond acceptors (Lipinski definition) is 3. The second-order valence-electron chi connectivity index (χ2n) is 2.76. The summed E-state index contributed by atoms with van der Waals surface area (Å²) in [7, 11) is 2.99. The molecule has 1 aromatic carbocycles. The Morgan fingerprint density at radius 2 is 1.93 bits per heavy atom. The Kier molecular flexibility index (Phi) is 3.71. The molecule has 0 aliphatic rings. The van der Waals surface area contributed by atoms with E-state index in [1.807, 2.05) is 0 Å². The Balaban J connectivity index is 3.01. The van der Waals surface area contributed by atoms with E-state index in [0.717, 1.165) is 0 Å². The third kappa shape index (κ3) is 2.14. The van der Waals surface area contributed by atoms with Crippen molar-refractivity contribution < 1.29 is 19.0 Å². The fourth-order valence-corrected chi connectivity index (χ4v) is 1.15. The van der Waals surface area contributed by atoms with Crippen molar-refractivity contribution in [2.75, 3.05) is 20.8 Å². The lowest BCUT2D eigenvalue weighted by Gasteiger charge is -2.10. The van der Waals surface area contributed by atoms with Crippen molar-refractivity contribution in [3.63, 3.8) is 0 Å². The van der Waals surface area contributed by atoms with Gasteiger partial charge in [0.15, 0.2) is 11.5 Å². The van der Waals surface area contributed by atoms with Gasteiger partial charge in [-0.15, -0.1) is 0 Å². The van der Waals surface area contributed by atoms with Crippen LogP contribution in [0.4, 0.5) is 4.39 Å². The van der Waals surface area contributed by atoms with Crippen LogP contribution >= 0.6 is 0 Å². The van der Waals surface area contributed by atoms with Gasteiger partial charge < -0.3 is 14.6 Å². The van der Waals surface area contributed by atoms with E-state index in [2.05, 4.69) is 0 Å². The van der Waals surface area contributed by atoms with Crippen LogP contribution in [0.2, 0.25) is 0 Å². The summed E-state index contributed by atoms with van der Waals surface area (Å²) in [6.07, 6.45) is -1.38. The summed E-state index contributed by atoms with van der Waals surface area (Å²) in [4.78, 5) is 0. The van der Waals surface area contributed by atoms with Crippen LogP contribution in [0.15, 0.2) is 18.2 Å². The maximum Gasteiger partial charge on any atom is 0.161 e. The molecule has 1 unspecified atom stereocenters. The number of rotatable bonds is 4. The lowest BCUT2D eigenvalue weighted by atomic mass is 10.1. The molecule has 0 radical (unpaired) electrons. The van der Waals surface area contributed by atoms with Crippen LogP contribution in [0.3, 0.4) is 0 Å². The van der Waals surface area contributed by atoms with Gasteiger partial charge in [0.25, 0.3) is 0 Å². The van der Waals surface area contributed by atoms with Crippen LogP contribution in [0.1, 0.15) is 11.7 Å². The van der Waals surface area contributed by atoms with Crippen LogP contribution < -0.4 is 9.47 Å². The van der Waals surface area contributed by atoms with E-state index in [1.54, 1.807) is 12.1 Å². The highest BCUT2D eigenvalue weighted by molar-refractivity contribution is 5.43. The molecular weight excluding hydrogens is 187 g/mol. The molecule has 0 spiro atoms. The molecule has 78 valence electrons. The monoisotopic (exact) mass is 200 g/mol. The molecule has 14 heavy (non-hydrogen) atoms. The van der Waals surface area contributed by atoms with Crippen LogP contribution in [0.5, 0.6) is 11.5 Å². The molecule has 0 saturated carbocycles. The molecule has 1 rings (SSSR count). The summed E-state index contributed by atoms with van der Waals surface area (Å²) in [5, 5.41) is 8.63. The number of methoxy groups -OCH3 is 2. The molecule has 0 fully saturated rings. The molecule has 0 aliphatic carbocycles. The van der Waals surface area contributed by atoms with E-state index in [4.69, 9.17) is 14.6 Å². The molecule has 1 atom stereocenters. The maximum absolute atomic E-state index is 13.1. The molecule has 0 amide bonds. The lowest BCUT2D eigenvalue weighted by molar-refractivity contribution is 0.179. The van der Waals surface area contributed by atoms with E-state index in [0.29, 0.717) is 17.1 Å². The quantitative estimate of drug-likeness (QED) is 0.804. The van der Waals surface area contributed by atoms with Gasteiger partial charge in [-0.1, -0.05) is 6.07 Å². The van der Waals surface area contributed by atoms with Gasteiger partial charge in [0.1, 0.15) is 6.17 Å². The maximum atomic E-state index is 13.1. The number of benzene rings is 1. The Hall–Kier alpha value is -1.29. The highest BCUT2D eigenvalue weighted by Crippen LogP contribution is 2.30. The Labute approximate surface area is 82.1 Å². The van der Waals surface area contributed by atoms with E-state index in [9.17, 15) is 4.39 Å². The smallest absolute Gasteiger partial charge is 0.161 e. The van der Waals surface area contributed by atoms with Gasteiger partial charge in [-0.3, -0.25) is 0 Å². The van der Waals surface area contributed by atoms with Crippen molar-refractivity contribution in [2.45, 2.75) is 6.17 Å². The predicted molar refractivity (Wildman–Crippen MR) is 50.5 cm³/mol. The Morgan fingerprint density at radius 1 is 1.29 bits per heavy atom. The zero-order chi connectivity index (χ0) is 10.6. The molecule has 0 bridgehead atoms. The van der Waals surface area contributed by atoms with Gasteiger partial charge in [0.05, 0.1) is 20.8 Å². The number of hydrogen-bond donors (Lipinski definition) is 1. The first-order valence-corrected chi connectivity index (χ1v) is 4.19. The molecule has 3 nitrogen and oxygen atoms in total. The lowest BCUT2D eigenvalue weighted by Crippen LogP contribution is -1.98.